The lowest BCUT2D eigenvalue weighted by Crippen LogP contribution is -2.01. The van der Waals surface area contributed by atoms with Crippen LogP contribution in [0.1, 0.15) is 10.4 Å². The van der Waals surface area contributed by atoms with Crippen LogP contribution in [0.5, 0.6) is 0 Å². The minimum absolute atomic E-state index is 0.0722. The van der Waals surface area contributed by atoms with E-state index in [9.17, 15) is 17.1 Å². The van der Waals surface area contributed by atoms with Crippen LogP contribution in [-0.4, -0.2) is 19.5 Å². The van der Waals surface area contributed by atoms with Crippen LogP contribution in [0.4, 0.5) is 3.89 Å². The number of ketones is 1. The summed E-state index contributed by atoms with van der Waals surface area (Å²) in [6.45, 7) is 0. The van der Waals surface area contributed by atoms with Gasteiger partial charge < -0.3 is 0 Å². The van der Waals surface area contributed by atoms with E-state index in [0.717, 1.165) is 12.1 Å². The molecular weight excluding hydrogens is 275 g/mol. The second-order valence-electron chi connectivity index (χ2n) is 2.52. The van der Waals surface area contributed by atoms with Crippen molar-refractivity contribution in [1.82, 2.24) is 0 Å². The third-order valence-electron chi connectivity index (χ3n) is 1.56. The fourth-order valence-corrected chi connectivity index (χ4v) is 1.73. The average molecular weight is 281 g/mol. The van der Waals surface area contributed by atoms with E-state index in [1.807, 2.05) is 0 Å². The van der Waals surface area contributed by atoms with Gasteiger partial charge in [-0.25, -0.2) is 0 Å². The van der Waals surface area contributed by atoms with Gasteiger partial charge in [-0.15, -0.1) is 3.89 Å². The predicted octanol–water partition coefficient (Wildman–Crippen LogP) is 1.92. The maximum atomic E-state index is 12.5. The zero-order valence-corrected chi connectivity index (χ0v) is 9.31. The highest BCUT2D eigenvalue weighted by atomic mass is 79.9. The summed E-state index contributed by atoms with van der Waals surface area (Å²) in [6, 6.07) is 4.86. The molecule has 0 spiro atoms. The summed E-state index contributed by atoms with van der Waals surface area (Å²) in [6.07, 6.45) is 0. The molecule has 0 atom stereocenters. The van der Waals surface area contributed by atoms with E-state index in [2.05, 4.69) is 15.9 Å². The molecule has 0 aromatic heterocycles. The smallest absolute Gasteiger partial charge is 0.293 e. The minimum Gasteiger partial charge on any atom is -0.293 e. The highest BCUT2D eigenvalue weighted by molar-refractivity contribution is 9.09. The molecule has 14 heavy (non-hydrogen) atoms. The molecule has 0 saturated carbocycles. The molecule has 0 amide bonds. The monoisotopic (exact) mass is 280 g/mol. The Kier molecular flexibility index (Phi) is 3.38. The van der Waals surface area contributed by atoms with Gasteiger partial charge in [-0.05, 0) is 12.1 Å². The molecule has 0 aliphatic heterocycles. The first kappa shape index (κ1) is 11.3. The van der Waals surface area contributed by atoms with Crippen LogP contribution in [0.2, 0.25) is 0 Å². The predicted molar refractivity (Wildman–Crippen MR) is 52.9 cm³/mol. The molecule has 76 valence electrons. The topological polar surface area (TPSA) is 51.2 Å². The number of hydrogen-bond acceptors (Lipinski definition) is 3. The summed E-state index contributed by atoms with van der Waals surface area (Å²) in [5.41, 5.74) is 0.167. The van der Waals surface area contributed by atoms with E-state index in [1.54, 1.807) is 0 Å². The number of carbonyl (C=O) groups is 1. The second-order valence-corrected chi connectivity index (χ2v) is 4.43. The largest absolute Gasteiger partial charge is 0.332 e. The number of halogens is 2. The van der Waals surface area contributed by atoms with Crippen molar-refractivity contribution < 1.29 is 17.1 Å². The Morgan fingerprint density at radius 2 is 2.07 bits per heavy atom. The van der Waals surface area contributed by atoms with Gasteiger partial charge in [0.15, 0.2) is 5.78 Å². The molecule has 0 aliphatic rings. The molecule has 0 heterocycles. The maximum absolute atomic E-state index is 12.5. The fraction of sp³-hybridized carbons (Fsp3) is 0.125. The van der Waals surface area contributed by atoms with Gasteiger partial charge in [-0.1, -0.05) is 28.1 Å². The number of rotatable bonds is 3. The molecule has 0 fully saturated rings. The molecule has 0 radical (unpaired) electrons. The van der Waals surface area contributed by atoms with Crippen molar-refractivity contribution in [3.63, 3.8) is 0 Å². The zero-order chi connectivity index (χ0) is 10.8. The highest BCUT2D eigenvalue weighted by Gasteiger charge is 2.13. The van der Waals surface area contributed by atoms with Crippen molar-refractivity contribution >= 4 is 31.9 Å². The molecular formula is C8H6BrFO3S. The quantitative estimate of drug-likeness (QED) is 0.483. The van der Waals surface area contributed by atoms with Crippen LogP contribution in [0, 0.1) is 0 Å². The van der Waals surface area contributed by atoms with Crippen molar-refractivity contribution in [1.29, 1.82) is 0 Å². The molecule has 0 aliphatic carbocycles. The molecule has 0 unspecified atom stereocenters. The van der Waals surface area contributed by atoms with E-state index < -0.39 is 15.1 Å². The standard InChI is InChI=1S/C8H6BrFO3S/c9-5-8(11)6-2-1-3-7(4-6)14(10,12)13/h1-4H,5H2. The molecule has 6 heteroatoms. The summed E-state index contributed by atoms with van der Waals surface area (Å²) >= 11 is 2.93. The van der Waals surface area contributed by atoms with Crippen LogP contribution < -0.4 is 0 Å². The van der Waals surface area contributed by atoms with Gasteiger partial charge in [0.2, 0.25) is 0 Å². The van der Waals surface area contributed by atoms with Crippen molar-refractivity contribution in [2.24, 2.45) is 0 Å². The fourth-order valence-electron chi connectivity index (χ4n) is 0.898. The van der Waals surface area contributed by atoms with Crippen LogP contribution in [0.25, 0.3) is 0 Å². The normalized spacial score (nSPS) is 11.3. The van der Waals surface area contributed by atoms with Crippen LogP contribution >= 0.6 is 15.9 Å². The van der Waals surface area contributed by atoms with E-state index in [0.29, 0.717) is 0 Å². The number of benzene rings is 1. The molecule has 0 saturated heterocycles. The Labute approximate surface area is 89.3 Å². The zero-order valence-electron chi connectivity index (χ0n) is 6.91. The first-order valence-corrected chi connectivity index (χ1v) is 6.09. The Balaban J connectivity index is 3.21. The van der Waals surface area contributed by atoms with Crippen LogP contribution in [-0.2, 0) is 10.2 Å². The van der Waals surface area contributed by atoms with E-state index in [1.165, 1.54) is 12.1 Å². The van der Waals surface area contributed by atoms with Gasteiger partial charge in [0.25, 0.3) is 0 Å². The summed E-state index contributed by atoms with van der Waals surface area (Å²) in [4.78, 5) is 10.6. The summed E-state index contributed by atoms with van der Waals surface area (Å²) in [5.74, 6) is -0.296. The molecule has 1 aromatic carbocycles. The lowest BCUT2D eigenvalue weighted by atomic mass is 10.2. The Hall–Kier alpha value is -0.750. The van der Waals surface area contributed by atoms with Crippen LogP contribution in [0.15, 0.2) is 29.2 Å². The van der Waals surface area contributed by atoms with Gasteiger partial charge in [-0.3, -0.25) is 4.79 Å². The lowest BCUT2D eigenvalue weighted by Gasteiger charge is -1.98. The van der Waals surface area contributed by atoms with E-state index >= 15 is 0 Å². The maximum Gasteiger partial charge on any atom is 0.332 e. The van der Waals surface area contributed by atoms with E-state index in [4.69, 9.17) is 0 Å². The molecule has 3 nitrogen and oxygen atoms in total. The first-order chi connectivity index (χ1) is 6.45. The number of hydrogen-bond donors (Lipinski definition) is 0. The van der Waals surface area contributed by atoms with Gasteiger partial charge in [-0.2, -0.15) is 8.42 Å². The van der Waals surface area contributed by atoms with Gasteiger partial charge in [0.1, 0.15) is 0 Å². The van der Waals surface area contributed by atoms with Crippen molar-refractivity contribution in [2.45, 2.75) is 4.90 Å². The van der Waals surface area contributed by atoms with Gasteiger partial charge in [0, 0.05) is 5.56 Å². The first-order valence-electron chi connectivity index (χ1n) is 3.59. The van der Waals surface area contributed by atoms with Crippen molar-refractivity contribution in [2.75, 3.05) is 5.33 Å². The number of carbonyl (C=O) groups excluding carboxylic acids is 1. The summed E-state index contributed by atoms with van der Waals surface area (Å²) in [7, 11) is -4.73. The second kappa shape index (κ2) is 4.18. The third kappa shape index (κ3) is 2.62. The lowest BCUT2D eigenvalue weighted by molar-refractivity contribution is 0.102. The Morgan fingerprint density at radius 1 is 1.43 bits per heavy atom. The molecule has 0 N–H and O–H groups in total. The van der Waals surface area contributed by atoms with Crippen molar-refractivity contribution in [3.8, 4) is 0 Å². The third-order valence-corrected chi connectivity index (χ3v) is 2.89. The Morgan fingerprint density at radius 3 is 2.57 bits per heavy atom. The minimum atomic E-state index is -4.73. The highest BCUT2D eigenvalue weighted by Crippen LogP contribution is 2.14. The molecule has 1 rings (SSSR count). The molecule has 1 aromatic rings. The van der Waals surface area contributed by atoms with E-state index in [-0.39, 0.29) is 16.7 Å². The SMILES string of the molecule is O=C(CBr)c1cccc(S(=O)(=O)F)c1. The number of Topliss-reactive ketones (excluding diaryl/α,β-unsaturated/α-hetero) is 1. The molecule has 0 bridgehead atoms. The van der Waals surface area contributed by atoms with Crippen molar-refractivity contribution in [3.05, 3.63) is 29.8 Å². The summed E-state index contributed by atoms with van der Waals surface area (Å²) < 4.78 is 33.5. The van der Waals surface area contributed by atoms with Gasteiger partial charge >= 0.3 is 10.2 Å². The van der Waals surface area contributed by atoms with Crippen LogP contribution in [0.3, 0.4) is 0 Å². The average Bonchev–Trinajstić information content (AvgIpc) is 2.15. The summed E-state index contributed by atoms with van der Waals surface area (Å²) in [5, 5.41) is 0.0722. The number of alkyl halides is 1. The Bertz CT molecular complexity index is 455. The van der Waals surface area contributed by atoms with Gasteiger partial charge in [0.05, 0.1) is 10.2 Å².